The summed E-state index contributed by atoms with van der Waals surface area (Å²) in [4.78, 5) is 12.2. The molecule has 0 radical (unpaired) electrons. The fraction of sp³-hybridized carbons (Fsp3) is 0.500. The summed E-state index contributed by atoms with van der Waals surface area (Å²) < 4.78 is 13.8. The SMILES string of the molecule is CC(NC(=O)C1(N)CCCC1)c1c(F)cccc1Cl. The second-order valence-corrected chi connectivity index (χ2v) is 5.60. The zero-order chi connectivity index (χ0) is 14.0. The highest BCUT2D eigenvalue weighted by molar-refractivity contribution is 6.31. The van der Waals surface area contributed by atoms with E-state index < -0.39 is 17.4 Å². The molecule has 1 aromatic rings. The Kier molecular flexibility index (Phi) is 4.11. The molecule has 0 heterocycles. The van der Waals surface area contributed by atoms with Crippen molar-refractivity contribution in [1.29, 1.82) is 0 Å². The minimum Gasteiger partial charge on any atom is -0.348 e. The van der Waals surface area contributed by atoms with Crippen molar-refractivity contribution in [3.63, 3.8) is 0 Å². The van der Waals surface area contributed by atoms with Gasteiger partial charge in [0.05, 0.1) is 11.6 Å². The van der Waals surface area contributed by atoms with Crippen LogP contribution >= 0.6 is 11.6 Å². The van der Waals surface area contributed by atoms with E-state index in [-0.39, 0.29) is 5.91 Å². The number of hydrogen-bond donors (Lipinski definition) is 2. The molecule has 0 spiro atoms. The van der Waals surface area contributed by atoms with E-state index in [1.54, 1.807) is 13.0 Å². The van der Waals surface area contributed by atoms with Crippen LogP contribution in [0.4, 0.5) is 4.39 Å². The third kappa shape index (κ3) is 2.90. The number of carbonyl (C=O) groups is 1. The molecule has 0 saturated heterocycles. The van der Waals surface area contributed by atoms with E-state index in [2.05, 4.69) is 5.32 Å². The fourth-order valence-electron chi connectivity index (χ4n) is 2.57. The topological polar surface area (TPSA) is 55.1 Å². The summed E-state index contributed by atoms with van der Waals surface area (Å²) in [6, 6.07) is 3.98. The van der Waals surface area contributed by atoms with Crippen molar-refractivity contribution >= 4 is 17.5 Å². The minimum atomic E-state index is -0.813. The predicted molar refractivity (Wildman–Crippen MR) is 73.4 cm³/mol. The second-order valence-electron chi connectivity index (χ2n) is 5.19. The summed E-state index contributed by atoms with van der Waals surface area (Å²) >= 11 is 5.98. The summed E-state index contributed by atoms with van der Waals surface area (Å²) in [6.45, 7) is 1.71. The maximum Gasteiger partial charge on any atom is 0.240 e. The maximum absolute atomic E-state index is 13.8. The fourth-order valence-corrected chi connectivity index (χ4v) is 2.90. The van der Waals surface area contributed by atoms with Gasteiger partial charge >= 0.3 is 0 Å². The lowest BCUT2D eigenvalue weighted by Gasteiger charge is -2.25. The molecular weight excluding hydrogens is 267 g/mol. The van der Waals surface area contributed by atoms with Crippen LogP contribution in [0.3, 0.4) is 0 Å². The van der Waals surface area contributed by atoms with E-state index in [4.69, 9.17) is 17.3 Å². The molecule has 0 aliphatic heterocycles. The van der Waals surface area contributed by atoms with Crippen LogP contribution in [0, 0.1) is 5.82 Å². The largest absolute Gasteiger partial charge is 0.348 e. The van der Waals surface area contributed by atoms with E-state index in [0.717, 1.165) is 12.8 Å². The van der Waals surface area contributed by atoms with Crippen molar-refractivity contribution in [2.45, 2.75) is 44.2 Å². The van der Waals surface area contributed by atoms with Crippen LogP contribution in [0.2, 0.25) is 5.02 Å². The van der Waals surface area contributed by atoms with Gasteiger partial charge in [-0.15, -0.1) is 0 Å². The van der Waals surface area contributed by atoms with Gasteiger partial charge in [0.25, 0.3) is 0 Å². The smallest absolute Gasteiger partial charge is 0.240 e. The number of hydrogen-bond acceptors (Lipinski definition) is 2. The third-order valence-electron chi connectivity index (χ3n) is 3.73. The van der Waals surface area contributed by atoms with Crippen LogP contribution < -0.4 is 11.1 Å². The van der Waals surface area contributed by atoms with E-state index in [1.807, 2.05) is 0 Å². The Balaban J connectivity index is 2.13. The molecule has 1 fully saturated rings. The highest BCUT2D eigenvalue weighted by Crippen LogP contribution is 2.30. The van der Waals surface area contributed by atoms with E-state index in [9.17, 15) is 9.18 Å². The summed E-state index contributed by atoms with van der Waals surface area (Å²) in [5.74, 6) is -0.644. The van der Waals surface area contributed by atoms with Crippen LogP contribution in [0.1, 0.15) is 44.2 Å². The maximum atomic E-state index is 13.8. The van der Waals surface area contributed by atoms with Gasteiger partial charge in [-0.1, -0.05) is 30.5 Å². The van der Waals surface area contributed by atoms with Crippen LogP contribution in [0.25, 0.3) is 0 Å². The van der Waals surface area contributed by atoms with Gasteiger partial charge in [0.1, 0.15) is 5.82 Å². The van der Waals surface area contributed by atoms with Gasteiger partial charge in [-0.3, -0.25) is 4.79 Å². The molecule has 0 bridgehead atoms. The average Bonchev–Trinajstić information content (AvgIpc) is 2.77. The normalized spacial score (nSPS) is 19.2. The first kappa shape index (κ1) is 14.3. The zero-order valence-corrected chi connectivity index (χ0v) is 11.6. The zero-order valence-electron chi connectivity index (χ0n) is 10.9. The van der Waals surface area contributed by atoms with E-state index in [0.29, 0.717) is 23.4 Å². The van der Waals surface area contributed by atoms with Crippen molar-refractivity contribution in [3.8, 4) is 0 Å². The Hall–Kier alpha value is -1.13. The molecule has 1 saturated carbocycles. The molecule has 1 amide bonds. The number of halogens is 2. The second kappa shape index (κ2) is 5.47. The third-order valence-corrected chi connectivity index (χ3v) is 4.06. The van der Waals surface area contributed by atoms with E-state index >= 15 is 0 Å². The van der Waals surface area contributed by atoms with Gasteiger partial charge in [-0.05, 0) is 31.9 Å². The number of nitrogens with one attached hydrogen (secondary N) is 1. The number of amides is 1. The first-order valence-corrected chi connectivity index (χ1v) is 6.85. The van der Waals surface area contributed by atoms with Gasteiger partial charge in [0.15, 0.2) is 0 Å². The average molecular weight is 285 g/mol. The number of nitrogens with two attached hydrogens (primary N) is 1. The molecule has 3 nitrogen and oxygen atoms in total. The molecule has 1 atom stereocenters. The number of benzene rings is 1. The standard InChI is InChI=1S/C14H18ClFN2O/c1-9(12-10(15)5-4-6-11(12)16)18-13(19)14(17)7-2-3-8-14/h4-6,9H,2-3,7-8,17H2,1H3,(H,18,19). The van der Waals surface area contributed by atoms with Gasteiger partial charge in [-0.25, -0.2) is 4.39 Å². The molecule has 1 unspecified atom stereocenters. The molecule has 104 valence electrons. The minimum absolute atomic E-state index is 0.225. The van der Waals surface area contributed by atoms with Crippen molar-refractivity contribution in [1.82, 2.24) is 5.32 Å². The summed E-state index contributed by atoms with van der Waals surface area (Å²) in [5.41, 5.74) is 5.56. The number of carbonyl (C=O) groups excluding carboxylic acids is 1. The summed E-state index contributed by atoms with van der Waals surface area (Å²) in [7, 11) is 0. The van der Waals surface area contributed by atoms with Crippen molar-refractivity contribution < 1.29 is 9.18 Å². The molecular formula is C14H18ClFN2O. The van der Waals surface area contributed by atoms with Gasteiger partial charge in [0, 0.05) is 10.6 Å². The van der Waals surface area contributed by atoms with Crippen molar-refractivity contribution in [2.75, 3.05) is 0 Å². The van der Waals surface area contributed by atoms with Crippen molar-refractivity contribution in [3.05, 3.63) is 34.6 Å². The molecule has 1 aliphatic carbocycles. The quantitative estimate of drug-likeness (QED) is 0.897. The lowest BCUT2D eigenvalue weighted by Crippen LogP contribution is -2.52. The summed E-state index contributed by atoms with van der Waals surface area (Å²) in [5, 5.41) is 3.08. The molecule has 3 N–H and O–H groups in total. The Morgan fingerprint density at radius 3 is 2.68 bits per heavy atom. The van der Waals surface area contributed by atoms with Crippen LogP contribution in [-0.2, 0) is 4.79 Å². The monoisotopic (exact) mass is 284 g/mol. The van der Waals surface area contributed by atoms with Crippen LogP contribution in [0.5, 0.6) is 0 Å². The predicted octanol–water partition coefficient (Wildman–Crippen LogP) is 2.93. The summed E-state index contributed by atoms with van der Waals surface area (Å²) in [6.07, 6.45) is 3.27. The highest BCUT2D eigenvalue weighted by Gasteiger charge is 2.37. The molecule has 1 aliphatic rings. The molecule has 0 aromatic heterocycles. The Bertz CT molecular complexity index is 466. The Morgan fingerprint density at radius 2 is 2.11 bits per heavy atom. The molecule has 19 heavy (non-hydrogen) atoms. The Morgan fingerprint density at radius 1 is 1.47 bits per heavy atom. The van der Waals surface area contributed by atoms with Crippen LogP contribution in [-0.4, -0.2) is 11.4 Å². The van der Waals surface area contributed by atoms with Crippen LogP contribution in [0.15, 0.2) is 18.2 Å². The first-order valence-electron chi connectivity index (χ1n) is 6.48. The van der Waals surface area contributed by atoms with Gasteiger partial charge < -0.3 is 11.1 Å². The van der Waals surface area contributed by atoms with E-state index in [1.165, 1.54) is 12.1 Å². The highest BCUT2D eigenvalue weighted by atomic mass is 35.5. The lowest BCUT2D eigenvalue weighted by atomic mass is 9.97. The molecule has 1 aromatic carbocycles. The van der Waals surface area contributed by atoms with Gasteiger partial charge in [-0.2, -0.15) is 0 Å². The lowest BCUT2D eigenvalue weighted by molar-refractivity contribution is -0.126. The Labute approximate surface area is 117 Å². The molecule has 2 rings (SSSR count). The first-order chi connectivity index (χ1) is 8.94. The molecule has 5 heteroatoms. The van der Waals surface area contributed by atoms with Crippen molar-refractivity contribution in [2.24, 2.45) is 5.73 Å². The van der Waals surface area contributed by atoms with Gasteiger partial charge in [0.2, 0.25) is 5.91 Å². The number of rotatable bonds is 3.